The SMILES string of the molecule is Cc1ccc(Oc2ccc(C)c(C)c2)cc1C.I[I-]I. The maximum atomic E-state index is 5.85. The Kier molecular flexibility index (Phi) is 8.73. The Balaban J connectivity index is 0.000000612. The van der Waals surface area contributed by atoms with Gasteiger partial charge in [0.2, 0.25) is 0 Å². The Labute approximate surface area is 151 Å². The molecule has 0 atom stereocenters. The molecule has 0 radical (unpaired) electrons. The van der Waals surface area contributed by atoms with E-state index in [1.165, 1.54) is 22.3 Å². The number of hydrogen-bond donors (Lipinski definition) is 0. The summed E-state index contributed by atoms with van der Waals surface area (Å²) in [5.74, 6) is 1.80. The van der Waals surface area contributed by atoms with Gasteiger partial charge in [-0.05, 0) is 74.2 Å². The number of ether oxygens (including phenoxy) is 1. The number of halogens is 3. The summed E-state index contributed by atoms with van der Waals surface area (Å²) in [5.41, 5.74) is 5.09. The molecule has 0 amide bonds. The molecular formula is C16H18I3O-. The van der Waals surface area contributed by atoms with Gasteiger partial charge in [0.1, 0.15) is 11.5 Å². The molecule has 2 aromatic rings. The van der Waals surface area contributed by atoms with Gasteiger partial charge in [0.25, 0.3) is 0 Å². The van der Waals surface area contributed by atoms with Crippen LogP contribution in [0.1, 0.15) is 22.3 Å². The van der Waals surface area contributed by atoms with Gasteiger partial charge in [0.15, 0.2) is 0 Å². The molecule has 1 nitrogen and oxygen atoms in total. The van der Waals surface area contributed by atoms with Gasteiger partial charge in [0.05, 0.1) is 0 Å². The minimum absolute atomic E-state index is 0.530. The quantitative estimate of drug-likeness (QED) is 0.476. The fourth-order valence-corrected chi connectivity index (χ4v) is 1.69. The molecule has 110 valence electrons. The van der Waals surface area contributed by atoms with Gasteiger partial charge in [-0.15, -0.1) is 0 Å². The molecular weight excluding hydrogens is 589 g/mol. The third kappa shape index (κ3) is 6.05. The molecule has 2 aromatic carbocycles. The average molecular weight is 607 g/mol. The summed E-state index contributed by atoms with van der Waals surface area (Å²) in [6, 6.07) is 12.3. The first kappa shape index (κ1) is 18.5. The molecule has 20 heavy (non-hydrogen) atoms. The van der Waals surface area contributed by atoms with E-state index < -0.39 is 0 Å². The van der Waals surface area contributed by atoms with Gasteiger partial charge in [-0.25, -0.2) is 0 Å². The molecule has 2 rings (SSSR count). The van der Waals surface area contributed by atoms with Crippen LogP contribution >= 0.6 is 37.2 Å². The number of benzene rings is 2. The predicted octanol–water partition coefficient (Wildman–Crippen LogP) is 3.49. The number of aryl methyl sites for hydroxylation is 4. The Morgan fingerprint density at radius 1 is 0.700 bits per heavy atom. The monoisotopic (exact) mass is 607 g/mol. The van der Waals surface area contributed by atoms with Gasteiger partial charge in [-0.2, -0.15) is 0 Å². The van der Waals surface area contributed by atoms with Gasteiger partial charge in [-0.1, -0.05) is 12.1 Å². The van der Waals surface area contributed by atoms with E-state index in [9.17, 15) is 0 Å². The predicted molar refractivity (Wildman–Crippen MR) is 99.9 cm³/mol. The van der Waals surface area contributed by atoms with Crippen LogP contribution in [0, 0.1) is 27.7 Å². The van der Waals surface area contributed by atoms with Crippen molar-refractivity contribution < 1.29 is 18.0 Å². The van der Waals surface area contributed by atoms with Crippen LogP contribution in [0.25, 0.3) is 0 Å². The third-order valence-corrected chi connectivity index (χ3v) is 3.19. The van der Waals surface area contributed by atoms with Crippen LogP contribution < -0.4 is 18.0 Å². The Hall–Kier alpha value is 0.430. The molecule has 0 heterocycles. The van der Waals surface area contributed by atoms with Crippen LogP contribution in [-0.2, 0) is 0 Å². The first-order valence-corrected chi connectivity index (χ1v) is 18.7. The summed E-state index contributed by atoms with van der Waals surface area (Å²) in [4.78, 5) is 0. The van der Waals surface area contributed by atoms with Crippen molar-refractivity contribution in [2.75, 3.05) is 0 Å². The van der Waals surface area contributed by atoms with E-state index in [0.29, 0.717) is 13.3 Å². The van der Waals surface area contributed by atoms with Gasteiger partial charge >= 0.3 is 50.5 Å². The van der Waals surface area contributed by atoms with Crippen molar-refractivity contribution in [3.05, 3.63) is 58.7 Å². The standard InChI is InChI=1S/C16H18O.I3/c1-11-5-7-15(9-13(11)3)17-16-8-6-12(2)14(4)10-16;1-3-2/h5-10H,1-4H3;/q;-1. The molecule has 0 spiro atoms. The van der Waals surface area contributed by atoms with Crippen LogP contribution in [0.5, 0.6) is 11.5 Å². The molecule has 0 aromatic heterocycles. The van der Waals surface area contributed by atoms with Crippen LogP contribution in [-0.4, -0.2) is 0 Å². The molecule has 0 fully saturated rings. The second-order valence-electron chi connectivity index (χ2n) is 4.65. The molecule has 0 aliphatic heterocycles. The van der Waals surface area contributed by atoms with Crippen molar-refractivity contribution in [2.45, 2.75) is 27.7 Å². The second kappa shape index (κ2) is 9.45. The van der Waals surface area contributed by atoms with E-state index in [4.69, 9.17) is 4.74 Å². The fourth-order valence-electron chi connectivity index (χ4n) is 1.69. The van der Waals surface area contributed by atoms with Crippen molar-refractivity contribution in [3.8, 4) is 11.5 Å². The molecule has 0 aliphatic carbocycles. The van der Waals surface area contributed by atoms with Gasteiger partial charge < -0.3 is 4.74 Å². The zero-order valence-electron chi connectivity index (χ0n) is 12.0. The van der Waals surface area contributed by atoms with Crippen LogP contribution in [0.4, 0.5) is 0 Å². The second-order valence-corrected chi connectivity index (χ2v) is 20.9. The first-order valence-electron chi connectivity index (χ1n) is 6.17. The zero-order valence-corrected chi connectivity index (χ0v) is 18.5. The van der Waals surface area contributed by atoms with E-state index >= 15 is 0 Å². The van der Waals surface area contributed by atoms with Crippen LogP contribution in [0.2, 0.25) is 0 Å². The van der Waals surface area contributed by atoms with Crippen LogP contribution in [0.15, 0.2) is 36.4 Å². The first-order chi connectivity index (χ1) is 9.47. The van der Waals surface area contributed by atoms with E-state index in [1.807, 2.05) is 12.1 Å². The molecule has 4 heteroatoms. The Bertz CT molecular complexity index is 518. The number of hydrogen-bond acceptors (Lipinski definition) is 1. The van der Waals surface area contributed by atoms with E-state index in [-0.39, 0.29) is 0 Å². The third-order valence-electron chi connectivity index (χ3n) is 3.19. The van der Waals surface area contributed by atoms with Crippen LogP contribution in [0.3, 0.4) is 0 Å². The van der Waals surface area contributed by atoms with E-state index in [0.717, 1.165) is 11.5 Å². The van der Waals surface area contributed by atoms with Crippen molar-refractivity contribution in [1.82, 2.24) is 0 Å². The summed E-state index contributed by atoms with van der Waals surface area (Å²) in [6.07, 6.45) is 0. The topological polar surface area (TPSA) is 9.23 Å². The molecule has 0 bridgehead atoms. The molecule has 0 aliphatic rings. The molecule has 0 unspecified atom stereocenters. The molecule has 0 saturated heterocycles. The zero-order chi connectivity index (χ0) is 15.1. The summed E-state index contributed by atoms with van der Waals surface area (Å²) >= 11 is 5.30. The summed E-state index contributed by atoms with van der Waals surface area (Å²) in [6.45, 7) is 8.41. The fraction of sp³-hybridized carbons (Fsp3) is 0.250. The Morgan fingerprint density at radius 3 is 1.35 bits per heavy atom. The summed E-state index contributed by atoms with van der Waals surface area (Å²) < 4.78 is 5.85. The van der Waals surface area contributed by atoms with Crippen molar-refractivity contribution in [3.63, 3.8) is 0 Å². The summed E-state index contributed by atoms with van der Waals surface area (Å²) in [5, 5.41) is 0. The van der Waals surface area contributed by atoms with Crippen molar-refractivity contribution in [1.29, 1.82) is 0 Å². The van der Waals surface area contributed by atoms with Crippen molar-refractivity contribution >= 4 is 37.2 Å². The van der Waals surface area contributed by atoms with Crippen molar-refractivity contribution in [2.24, 2.45) is 0 Å². The molecule has 0 N–H and O–H groups in total. The average Bonchev–Trinajstić information content (AvgIpc) is 2.39. The minimum atomic E-state index is 0.530. The van der Waals surface area contributed by atoms with E-state index in [1.54, 1.807) is 0 Å². The molecule has 0 saturated carbocycles. The van der Waals surface area contributed by atoms with Gasteiger partial charge in [0, 0.05) is 0 Å². The normalized spacial score (nSPS) is 9.90. The Morgan fingerprint density at radius 2 is 1.05 bits per heavy atom. The van der Waals surface area contributed by atoms with E-state index in [2.05, 4.69) is 89.2 Å². The van der Waals surface area contributed by atoms with Gasteiger partial charge in [-0.3, -0.25) is 0 Å². The number of rotatable bonds is 2. The summed E-state index contributed by atoms with van der Waals surface area (Å²) in [7, 11) is 0. The maximum absolute atomic E-state index is 5.85.